The van der Waals surface area contributed by atoms with Crippen molar-refractivity contribution in [1.82, 2.24) is 19.9 Å². The van der Waals surface area contributed by atoms with Gasteiger partial charge in [-0.25, -0.2) is 19.3 Å². The van der Waals surface area contributed by atoms with Crippen LogP contribution in [-0.2, 0) is 0 Å². The van der Waals surface area contributed by atoms with Crippen molar-refractivity contribution in [3.63, 3.8) is 0 Å². The lowest BCUT2D eigenvalue weighted by Gasteiger charge is -2.02. The first-order valence-corrected chi connectivity index (χ1v) is 5.17. The lowest BCUT2D eigenvalue weighted by molar-refractivity contribution is 0.619. The van der Waals surface area contributed by atoms with E-state index in [-0.39, 0.29) is 5.82 Å². The minimum absolute atomic E-state index is 0.242. The van der Waals surface area contributed by atoms with Crippen molar-refractivity contribution in [3.8, 4) is 11.4 Å². The number of aromatic nitrogens is 4. The maximum atomic E-state index is 13.5. The zero-order valence-electron chi connectivity index (χ0n) is 9.11. The molecule has 0 radical (unpaired) electrons. The average Bonchev–Trinajstić information content (AvgIpc) is 2.76. The van der Waals surface area contributed by atoms with Crippen molar-refractivity contribution in [3.05, 3.63) is 42.1 Å². The fraction of sp³-hybridized carbons (Fsp3) is 0.0833. The molecule has 0 saturated heterocycles. The van der Waals surface area contributed by atoms with Gasteiger partial charge in [-0.1, -0.05) is 12.1 Å². The van der Waals surface area contributed by atoms with Crippen LogP contribution in [0.25, 0.3) is 22.6 Å². The Labute approximate surface area is 96.6 Å². The molecule has 17 heavy (non-hydrogen) atoms. The van der Waals surface area contributed by atoms with E-state index in [0.29, 0.717) is 17.0 Å². The highest BCUT2D eigenvalue weighted by Gasteiger charge is 2.10. The summed E-state index contributed by atoms with van der Waals surface area (Å²) in [4.78, 5) is 15.3. The zero-order valence-corrected chi connectivity index (χ0v) is 9.11. The van der Waals surface area contributed by atoms with Crippen molar-refractivity contribution in [2.75, 3.05) is 0 Å². The Morgan fingerprint density at radius 1 is 1.29 bits per heavy atom. The van der Waals surface area contributed by atoms with Gasteiger partial charge in [-0.2, -0.15) is 0 Å². The van der Waals surface area contributed by atoms with Gasteiger partial charge < -0.3 is 4.98 Å². The van der Waals surface area contributed by atoms with Gasteiger partial charge in [0.2, 0.25) is 0 Å². The van der Waals surface area contributed by atoms with E-state index in [1.165, 1.54) is 12.4 Å². The van der Waals surface area contributed by atoms with Crippen molar-refractivity contribution in [2.24, 2.45) is 0 Å². The molecule has 0 unspecified atom stereocenters. The number of hydrogen-bond acceptors (Lipinski definition) is 3. The predicted molar refractivity (Wildman–Crippen MR) is 61.8 cm³/mol. The third-order valence-electron chi connectivity index (χ3n) is 2.68. The largest absolute Gasteiger partial charge is 0.335 e. The molecule has 0 saturated carbocycles. The Hall–Kier alpha value is -2.30. The van der Waals surface area contributed by atoms with E-state index in [1.54, 1.807) is 19.2 Å². The van der Waals surface area contributed by atoms with Crippen LogP contribution in [0, 0.1) is 12.7 Å². The Balaban J connectivity index is 2.24. The number of nitrogens with one attached hydrogen (secondary N) is 1. The molecule has 0 amide bonds. The molecule has 84 valence electrons. The monoisotopic (exact) mass is 228 g/mol. The summed E-state index contributed by atoms with van der Waals surface area (Å²) in [7, 11) is 0. The molecule has 2 aromatic heterocycles. The van der Waals surface area contributed by atoms with Crippen molar-refractivity contribution >= 4 is 11.2 Å². The van der Waals surface area contributed by atoms with Crippen LogP contribution < -0.4 is 0 Å². The fourth-order valence-corrected chi connectivity index (χ4v) is 1.75. The topological polar surface area (TPSA) is 54.5 Å². The summed E-state index contributed by atoms with van der Waals surface area (Å²) in [5.74, 6) is 0.367. The van der Waals surface area contributed by atoms with Crippen LogP contribution >= 0.6 is 0 Å². The molecule has 1 N–H and O–H groups in total. The standard InChI is InChI=1S/C12H9FN4/c1-7-8(3-2-4-9(7)13)11-16-10-5-14-6-15-12(10)17-11/h2-6H,1H3,(H,14,15,16,17). The predicted octanol–water partition coefficient (Wildman–Crippen LogP) is 2.47. The van der Waals surface area contributed by atoms with Crippen molar-refractivity contribution in [1.29, 1.82) is 0 Å². The van der Waals surface area contributed by atoms with Gasteiger partial charge in [-0.3, -0.25) is 0 Å². The molecule has 5 heteroatoms. The minimum Gasteiger partial charge on any atom is -0.335 e. The molecule has 1 aromatic carbocycles. The van der Waals surface area contributed by atoms with Gasteiger partial charge in [0.1, 0.15) is 23.5 Å². The first-order valence-electron chi connectivity index (χ1n) is 5.17. The van der Waals surface area contributed by atoms with Gasteiger partial charge in [-0.15, -0.1) is 0 Å². The first kappa shape index (κ1) is 9.89. The summed E-state index contributed by atoms with van der Waals surface area (Å²) in [6, 6.07) is 4.92. The Bertz CT molecular complexity index is 657. The van der Waals surface area contributed by atoms with E-state index in [0.717, 1.165) is 11.1 Å². The second-order valence-corrected chi connectivity index (χ2v) is 3.76. The van der Waals surface area contributed by atoms with Gasteiger partial charge in [0.15, 0.2) is 5.65 Å². The molecular weight excluding hydrogens is 219 g/mol. The van der Waals surface area contributed by atoms with Crippen LogP contribution in [0.15, 0.2) is 30.7 Å². The van der Waals surface area contributed by atoms with Gasteiger partial charge in [0, 0.05) is 5.56 Å². The van der Waals surface area contributed by atoms with Crippen molar-refractivity contribution in [2.45, 2.75) is 6.92 Å². The SMILES string of the molecule is Cc1c(F)cccc1-c1nc2ncncc2[nH]1. The molecular formula is C12H9FN4. The molecule has 0 aliphatic carbocycles. The molecule has 2 heterocycles. The fourth-order valence-electron chi connectivity index (χ4n) is 1.75. The van der Waals surface area contributed by atoms with Gasteiger partial charge in [0.25, 0.3) is 0 Å². The lowest BCUT2D eigenvalue weighted by Crippen LogP contribution is -1.89. The second kappa shape index (κ2) is 3.62. The molecule has 3 rings (SSSR count). The van der Waals surface area contributed by atoms with Gasteiger partial charge >= 0.3 is 0 Å². The summed E-state index contributed by atoms with van der Waals surface area (Å²) >= 11 is 0. The molecule has 3 aromatic rings. The van der Waals surface area contributed by atoms with Crippen LogP contribution in [-0.4, -0.2) is 19.9 Å². The number of fused-ring (bicyclic) bond motifs is 1. The van der Waals surface area contributed by atoms with Gasteiger partial charge in [-0.05, 0) is 18.6 Å². The molecule has 0 aliphatic rings. The summed E-state index contributed by atoms with van der Waals surface area (Å²) in [5, 5.41) is 0. The van der Waals surface area contributed by atoms with Crippen LogP contribution in [0.1, 0.15) is 5.56 Å². The van der Waals surface area contributed by atoms with Gasteiger partial charge in [0.05, 0.1) is 6.20 Å². The highest BCUT2D eigenvalue weighted by atomic mass is 19.1. The number of benzene rings is 1. The summed E-state index contributed by atoms with van der Waals surface area (Å²) in [6.45, 7) is 1.73. The molecule has 0 atom stereocenters. The highest BCUT2D eigenvalue weighted by Crippen LogP contribution is 2.23. The quantitative estimate of drug-likeness (QED) is 0.696. The van der Waals surface area contributed by atoms with Crippen LogP contribution in [0.5, 0.6) is 0 Å². The van der Waals surface area contributed by atoms with E-state index in [9.17, 15) is 4.39 Å². The molecule has 0 spiro atoms. The number of imidazole rings is 1. The molecule has 4 nitrogen and oxygen atoms in total. The van der Waals surface area contributed by atoms with E-state index < -0.39 is 0 Å². The molecule has 0 fully saturated rings. The third kappa shape index (κ3) is 1.56. The Kier molecular flexibility index (Phi) is 2.11. The van der Waals surface area contributed by atoms with E-state index in [1.807, 2.05) is 6.07 Å². The number of rotatable bonds is 1. The van der Waals surface area contributed by atoms with Crippen LogP contribution in [0.2, 0.25) is 0 Å². The average molecular weight is 228 g/mol. The summed E-state index contributed by atoms with van der Waals surface area (Å²) in [5.41, 5.74) is 2.63. The number of nitrogens with zero attached hydrogens (tertiary/aromatic N) is 3. The maximum absolute atomic E-state index is 13.5. The molecule has 0 bridgehead atoms. The first-order chi connectivity index (χ1) is 8.25. The van der Waals surface area contributed by atoms with Crippen molar-refractivity contribution < 1.29 is 4.39 Å². The number of hydrogen-bond donors (Lipinski definition) is 1. The number of aromatic amines is 1. The number of halogens is 1. The third-order valence-corrected chi connectivity index (χ3v) is 2.68. The summed E-state index contributed by atoms with van der Waals surface area (Å²) < 4.78 is 13.5. The Morgan fingerprint density at radius 3 is 3.00 bits per heavy atom. The van der Waals surface area contributed by atoms with E-state index in [2.05, 4.69) is 19.9 Å². The normalized spacial score (nSPS) is 10.9. The second-order valence-electron chi connectivity index (χ2n) is 3.76. The maximum Gasteiger partial charge on any atom is 0.181 e. The number of H-pyrrole nitrogens is 1. The van der Waals surface area contributed by atoms with Crippen LogP contribution in [0.3, 0.4) is 0 Å². The lowest BCUT2D eigenvalue weighted by atomic mass is 10.1. The van der Waals surface area contributed by atoms with E-state index in [4.69, 9.17) is 0 Å². The van der Waals surface area contributed by atoms with Crippen LogP contribution in [0.4, 0.5) is 4.39 Å². The highest BCUT2D eigenvalue weighted by molar-refractivity contribution is 5.75. The molecule has 0 aliphatic heterocycles. The minimum atomic E-state index is -0.242. The Morgan fingerprint density at radius 2 is 2.18 bits per heavy atom. The smallest absolute Gasteiger partial charge is 0.181 e. The zero-order chi connectivity index (χ0) is 11.8. The van der Waals surface area contributed by atoms with E-state index >= 15 is 0 Å². The summed E-state index contributed by atoms with van der Waals surface area (Å²) in [6.07, 6.45) is 3.08.